The van der Waals surface area contributed by atoms with E-state index in [0.717, 1.165) is 57.9 Å². The third kappa shape index (κ3) is 6.31. The molecule has 5 heteroatoms. The van der Waals surface area contributed by atoms with Gasteiger partial charge in [-0.05, 0) is 61.8 Å². The van der Waals surface area contributed by atoms with E-state index in [4.69, 9.17) is 0 Å². The van der Waals surface area contributed by atoms with Gasteiger partial charge in [0, 0.05) is 45.0 Å². The number of carbonyl (C=O) groups is 1. The Bertz CT molecular complexity index is 797. The lowest BCUT2D eigenvalue weighted by molar-refractivity contribution is 0.0738. The fourth-order valence-corrected chi connectivity index (χ4v) is 5.08. The van der Waals surface area contributed by atoms with Crippen molar-refractivity contribution in [2.24, 2.45) is 5.41 Å². The van der Waals surface area contributed by atoms with Crippen LogP contribution in [-0.4, -0.2) is 61.6 Å². The second-order valence-corrected chi connectivity index (χ2v) is 9.18. The summed E-state index contributed by atoms with van der Waals surface area (Å²) in [7, 11) is 0. The van der Waals surface area contributed by atoms with E-state index < -0.39 is 0 Å². The highest BCUT2D eigenvalue weighted by Gasteiger charge is 2.34. The van der Waals surface area contributed by atoms with Gasteiger partial charge in [-0.15, -0.1) is 0 Å². The number of piperazine rings is 1. The van der Waals surface area contributed by atoms with E-state index in [0.29, 0.717) is 5.41 Å². The molecule has 2 saturated heterocycles. The summed E-state index contributed by atoms with van der Waals surface area (Å²) in [5, 5.41) is 6.68. The molecule has 0 unspecified atom stereocenters. The topological polar surface area (TPSA) is 47.6 Å². The van der Waals surface area contributed by atoms with Crippen LogP contribution in [0.5, 0.6) is 0 Å². The van der Waals surface area contributed by atoms with Gasteiger partial charge >= 0.3 is 6.03 Å². The van der Waals surface area contributed by atoms with Crippen LogP contribution in [-0.2, 0) is 6.42 Å². The van der Waals surface area contributed by atoms with Crippen molar-refractivity contribution in [3.05, 3.63) is 66.2 Å². The van der Waals surface area contributed by atoms with Gasteiger partial charge in [0.2, 0.25) is 0 Å². The normalized spacial score (nSPS) is 22.3. The molecule has 166 valence electrons. The first-order valence-electron chi connectivity index (χ1n) is 11.8. The molecule has 4 rings (SSSR count). The zero-order valence-electron chi connectivity index (χ0n) is 18.6. The number of anilines is 1. The number of benzene rings is 2. The van der Waals surface area contributed by atoms with Crippen molar-refractivity contribution in [2.75, 3.05) is 51.1 Å². The van der Waals surface area contributed by atoms with Gasteiger partial charge in [-0.3, -0.25) is 4.90 Å². The lowest BCUT2D eigenvalue weighted by atomic mass is 9.75. The Labute approximate surface area is 186 Å². The number of hydrogen-bond donors (Lipinski definition) is 2. The van der Waals surface area contributed by atoms with Crippen molar-refractivity contribution in [2.45, 2.75) is 32.1 Å². The number of urea groups is 1. The van der Waals surface area contributed by atoms with Crippen molar-refractivity contribution in [3.63, 3.8) is 0 Å². The molecule has 2 aliphatic rings. The van der Waals surface area contributed by atoms with Crippen molar-refractivity contribution in [3.8, 4) is 0 Å². The van der Waals surface area contributed by atoms with E-state index in [9.17, 15) is 4.79 Å². The number of carbonyl (C=O) groups excluding carboxylic acids is 1. The number of amides is 2. The predicted octanol–water partition coefficient (Wildman–Crippen LogP) is 4.23. The number of nitrogens with zero attached hydrogens (tertiary/aromatic N) is 2. The molecule has 2 amide bonds. The summed E-state index contributed by atoms with van der Waals surface area (Å²) < 4.78 is 0. The Morgan fingerprint density at radius 3 is 2.35 bits per heavy atom. The van der Waals surface area contributed by atoms with Crippen molar-refractivity contribution >= 4 is 11.7 Å². The summed E-state index contributed by atoms with van der Waals surface area (Å²) in [5.41, 5.74) is 2.67. The molecule has 2 N–H and O–H groups in total. The Morgan fingerprint density at radius 2 is 1.68 bits per heavy atom. The third-order valence-electron chi connectivity index (χ3n) is 6.82. The Balaban J connectivity index is 1.26. The molecule has 2 aliphatic heterocycles. The predicted molar refractivity (Wildman–Crippen MR) is 127 cm³/mol. The Morgan fingerprint density at radius 1 is 0.968 bits per heavy atom. The molecule has 0 saturated carbocycles. The minimum atomic E-state index is 0.0164. The number of para-hydroxylation sites is 1. The smallest absolute Gasteiger partial charge is 0.321 e. The zero-order chi connectivity index (χ0) is 21.4. The van der Waals surface area contributed by atoms with Crippen LogP contribution >= 0.6 is 0 Å². The highest BCUT2D eigenvalue weighted by molar-refractivity contribution is 5.89. The van der Waals surface area contributed by atoms with E-state index in [1.54, 1.807) is 0 Å². The molecule has 0 spiro atoms. The fraction of sp³-hybridized carbons (Fsp3) is 0.500. The quantitative estimate of drug-likeness (QED) is 0.705. The van der Waals surface area contributed by atoms with Gasteiger partial charge in [-0.2, -0.15) is 0 Å². The maximum Gasteiger partial charge on any atom is 0.321 e. The first kappa shape index (κ1) is 21.8. The van der Waals surface area contributed by atoms with Crippen LogP contribution in [0.1, 0.15) is 31.2 Å². The van der Waals surface area contributed by atoms with Crippen LogP contribution in [0.25, 0.3) is 0 Å². The van der Waals surface area contributed by atoms with Crippen LogP contribution in [0.15, 0.2) is 60.7 Å². The van der Waals surface area contributed by atoms with Gasteiger partial charge in [0.15, 0.2) is 0 Å². The second kappa shape index (κ2) is 10.8. The summed E-state index contributed by atoms with van der Waals surface area (Å²) in [6.07, 6.45) is 6.25. The summed E-state index contributed by atoms with van der Waals surface area (Å²) in [4.78, 5) is 17.1. The molecule has 2 heterocycles. The molecule has 1 atom stereocenters. The van der Waals surface area contributed by atoms with E-state index in [1.807, 2.05) is 35.2 Å². The van der Waals surface area contributed by atoms with Crippen LogP contribution in [0.3, 0.4) is 0 Å². The zero-order valence-corrected chi connectivity index (χ0v) is 18.6. The van der Waals surface area contributed by atoms with Gasteiger partial charge in [-0.25, -0.2) is 4.79 Å². The molecular weight excluding hydrogens is 384 g/mol. The lowest BCUT2D eigenvalue weighted by Gasteiger charge is -2.44. The SMILES string of the molecule is O=C(Nc1ccccc1)N1CCN(C[C@]2(CCCc3ccccc3)CCCNC2)CC1. The highest BCUT2D eigenvalue weighted by atomic mass is 16.2. The van der Waals surface area contributed by atoms with Crippen molar-refractivity contribution in [1.82, 2.24) is 15.1 Å². The van der Waals surface area contributed by atoms with E-state index in [2.05, 4.69) is 45.9 Å². The Kier molecular flexibility index (Phi) is 7.60. The number of nitrogens with one attached hydrogen (secondary N) is 2. The van der Waals surface area contributed by atoms with Crippen LogP contribution in [0.4, 0.5) is 10.5 Å². The summed E-state index contributed by atoms with van der Waals surface area (Å²) in [6.45, 7) is 6.93. The van der Waals surface area contributed by atoms with Crippen LogP contribution in [0.2, 0.25) is 0 Å². The third-order valence-corrected chi connectivity index (χ3v) is 6.82. The molecule has 2 aromatic rings. The molecular formula is C26H36N4O. The van der Waals surface area contributed by atoms with Crippen molar-refractivity contribution in [1.29, 1.82) is 0 Å². The van der Waals surface area contributed by atoms with Crippen molar-refractivity contribution < 1.29 is 4.79 Å². The monoisotopic (exact) mass is 420 g/mol. The number of rotatable bonds is 7. The summed E-state index contributed by atoms with van der Waals surface area (Å²) >= 11 is 0. The van der Waals surface area contributed by atoms with Gasteiger partial charge < -0.3 is 15.5 Å². The van der Waals surface area contributed by atoms with Gasteiger partial charge in [0.05, 0.1) is 0 Å². The molecule has 5 nitrogen and oxygen atoms in total. The summed E-state index contributed by atoms with van der Waals surface area (Å²) in [5.74, 6) is 0. The minimum absolute atomic E-state index is 0.0164. The largest absolute Gasteiger partial charge is 0.322 e. The molecule has 31 heavy (non-hydrogen) atoms. The van der Waals surface area contributed by atoms with Gasteiger partial charge in [0.1, 0.15) is 0 Å². The van der Waals surface area contributed by atoms with Gasteiger partial charge in [-0.1, -0.05) is 48.5 Å². The van der Waals surface area contributed by atoms with E-state index in [1.165, 1.54) is 31.2 Å². The molecule has 0 aliphatic carbocycles. The minimum Gasteiger partial charge on any atom is -0.322 e. The maximum absolute atomic E-state index is 12.6. The lowest BCUT2D eigenvalue weighted by Crippen LogP contribution is -2.54. The van der Waals surface area contributed by atoms with E-state index in [-0.39, 0.29) is 6.03 Å². The van der Waals surface area contributed by atoms with E-state index >= 15 is 0 Å². The summed E-state index contributed by atoms with van der Waals surface area (Å²) in [6, 6.07) is 20.6. The number of piperidine rings is 1. The maximum atomic E-state index is 12.6. The molecule has 0 radical (unpaired) electrons. The highest BCUT2D eigenvalue weighted by Crippen LogP contribution is 2.33. The molecule has 2 fully saturated rings. The first-order valence-corrected chi connectivity index (χ1v) is 11.8. The van der Waals surface area contributed by atoms with Crippen LogP contribution in [0, 0.1) is 5.41 Å². The molecule has 0 aromatic heterocycles. The average Bonchev–Trinajstić information content (AvgIpc) is 2.81. The van der Waals surface area contributed by atoms with Gasteiger partial charge in [0.25, 0.3) is 0 Å². The number of aryl methyl sites for hydroxylation is 1. The second-order valence-electron chi connectivity index (χ2n) is 9.18. The Hall–Kier alpha value is -2.37. The molecule has 0 bridgehead atoms. The average molecular weight is 421 g/mol. The molecule has 2 aromatic carbocycles. The standard InChI is InChI=1S/C26H36N4O/c31-25(28-24-12-5-2-6-13-24)30-19-17-29(18-20-30)22-26(15-8-16-27-21-26)14-7-11-23-9-3-1-4-10-23/h1-6,9-10,12-13,27H,7-8,11,14-22H2,(H,28,31)/t26-/m1/s1. The van der Waals surface area contributed by atoms with Crippen LogP contribution < -0.4 is 10.6 Å². The fourth-order valence-electron chi connectivity index (χ4n) is 5.08. The first-order chi connectivity index (χ1) is 15.2. The number of hydrogen-bond acceptors (Lipinski definition) is 3.